The summed E-state index contributed by atoms with van der Waals surface area (Å²) in [4.78, 5) is 12.3. The van der Waals surface area contributed by atoms with Gasteiger partial charge in [0.15, 0.2) is 0 Å². The first-order valence-electron chi connectivity index (χ1n) is 4.65. The maximum atomic E-state index is 12.5. The molecule has 0 N–H and O–H groups in total. The molecule has 0 unspecified atom stereocenters. The number of benzene rings is 1. The van der Waals surface area contributed by atoms with Crippen LogP contribution in [0.4, 0.5) is 18.9 Å². The normalized spacial score (nSPS) is 11.4. The Morgan fingerprint density at radius 1 is 1.31 bits per heavy atom. The van der Waals surface area contributed by atoms with Crippen molar-refractivity contribution in [1.29, 1.82) is 0 Å². The van der Waals surface area contributed by atoms with E-state index in [4.69, 9.17) is 0 Å². The molecule has 0 bridgehead atoms. The van der Waals surface area contributed by atoms with Gasteiger partial charge in [0.1, 0.15) is 0 Å². The van der Waals surface area contributed by atoms with Gasteiger partial charge in [0, 0.05) is 19.7 Å². The number of amides is 1. The summed E-state index contributed by atoms with van der Waals surface area (Å²) >= 11 is 0. The Labute approximate surface area is 91.7 Å². The molecule has 0 aliphatic rings. The van der Waals surface area contributed by atoms with Gasteiger partial charge in [-0.05, 0) is 24.6 Å². The van der Waals surface area contributed by atoms with Crippen molar-refractivity contribution < 1.29 is 18.0 Å². The summed E-state index contributed by atoms with van der Waals surface area (Å²) in [6.07, 6.45) is -4.39. The maximum absolute atomic E-state index is 12.5. The average Bonchev–Trinajstić information content (AvgIpc) is 2.15. The summed E-state index contributed by atoms with van der Waals surface area (Å²) in [7, 11) is 1.45. The molecule has 0 aromatic heterocycles. The lowest BCUT2D eigenvalue weighted by Gasteiger charge is -2.19. The zero-order chi connectivity index (χ0) is 12.5. The van der Waals surface area contributed by atoms with E-state index in [9.17, 15) is 18.0 Å². The predicted molar refractivity (Wildman–Crippen MR) is 55.3 cm³/mol. The van der Waals surface area contributed by atoms with Gasteiger partial charge in [-0.1, -0.05) is 6.07 Å². The Morgan fingerprint density at radius 3 is 2.31 bits per heavy atom. The second-order valence-corrected chi connectivity index (χ2v) is 3.58. The zero-order valence-electron chi connectivity index (χ0n) is 9.22. The highest BCUT2D eigenvalue weighted by Gasteiger charge is 2.31. The number of rotatable bonds is 1. The van der Waals surface area contributed by atoms with Gasteiger partial charge in [-0.25, -0.2) is 0 Å². The Morgan fingerprint density at radius 2 is 1.88 bits per heavy atom. The Hall–Kier alpha value is -1.52. The fourth-order valence-electron chi connectivity index (χ4n) is 1.32. The van der Waals surface area contributed by atoms with E-state index in [1.54, 1.807) is 6.92 Å². The number of alkyl halides is 3. The highest BCUT2D eigenvalue weighted by atomic mass is 19.4. The van der Waals surface area contributed by atoms with E-state index >= 15 is 0 Å². The molecule has 0 aliphatic heterocycles. The minimum Gasteiger partial charge on any atom is -0.315 e. The van der Waals surface area contributed by atoms with Crippen LogP contribution in [0.15, 0.2) is 18.2 Å². The first kappa shape index (κ1) is 12.5. The molecule has 1 rings (SSSR count). The fraction of sp³-hybridized carbons (Fsp3) is 0.364. The number of aryl methyl sites for hydroxylation is 1. The van der Waals surface area contributed by atoms with E-state index in [2.05, 4.69) is 0 Å². The number of nitrogens with zero attached hydrogens (tertiary/aromatic N) is 1. The van der Waals surface area contributed by atoms with Crippen molar-refractivity contribution in [3.8, 4) is 0 Å². The second kappa shape index (κ2) is 4.15. The van der Waals surface area contributed by atoms with Gasteiger partial charge in [0.2, 0.25) is 5.91 Å². The minimum absolute atomic E-state index is 0.280. The summed E-state index contributed by atoms with van der Waals surface area (Å²) in [5.74, 6) is -0.303. The molecular weight excluding hydrogens is 219 g/mol. The van der Waals surface area contributed by atoms with Crippen LogP contribution in [0.5, 0.6) is 0 Å². The first-order valence-corrected chi connectivity index (χ1v) is 4.65. The van der Waals surface area contributed by atoms with Crippen LogP contribution >= 0.6 is 0 Å². The molecule has 0 radical (unpaired) electrons. The third-order valence-electron chi connectivity index (χ3n) is 2.37. The number of hydrogen-bond donors (Lipinski definition) is 0. The van der Waals surface area contributed by atoms with E-state index in [0.29, 0.717) is 5.56 Å². The predicted octanol–water partition coefficient (Wildman–Crippen LogP) is 3.00. The summed E-state index contributed by atoms with van der Waals surface area (Å²) < 4.78 is 37.4. The van der Waals surface area contributed by atoms with Gasteiger partial charge in [-0.2, -0.15) is 13.2 Å². The van der Waals surface area contributed by atoms with Crippen LogP contribution < -0.4 is 4.90 Å². The number of halogens is 3. The third-order valence-corrected chi connectivity index (χ3v) is 2.37. The summed E-state index contributed by atoms with van der Waals surface area (Å²) in [6, 6.07) is 3.35. The molecule has 0 fully saturated rings. The number of anilines is 1. The lowest BCUT2D eigenvalue weighted by molar-refractivity contribution is -0.137. The monoisotopic (exact) mass is 231 g/mol. The minimum atomic E-state index is -4.39. The molecule has 1 aromatic carbocycles. The molecular formula is C11H12F3NO. The number of carbonyl (C=O) groups is 1. The lowest BCUT2D eigenvalue weighted by Crippen LogP contribution is -2.24. The number of carbonyl (C=O) groups excluding carboxylic acids is 1. The molecule has 0 heterocycles. The molecule has 2 nitrogen and oxygen atoms in total. The summed E-state index contributed by atoms with van der Waals surface area (Å²) in [5, 5.41) is 0. The third kappa shape index (κ3) is 2.53. The standard InChI is InChI=1S/C11H12F3NO/c1-7-4-5-9(11(12,13)14)6-10(7)15(3)8(2)16/h4-6H,1-3H3. The molecule has 88 valence electrons. The maximum Gasteiger partial charge on any atom is 0.416 e. The molecule has 0 spiro atoms. The van der Waals surface area contributed by atoms with Crippen molar-refractivity contribution >= 4 is 11.6 Å². The quantitative estimate of drug-likeness (QED) is 0.727. The highest BCUT2D eigenvalue weighted by Crippen LogP contribution is 2.32. The van der Waals surface area contributed by atoms with E-state index in [1.165, 1.54) is 24.9 Å². The van der Waals surface area contributed by atoms with Gasteiger partial charge in [0.05, 0.1) is 5.56 Å². The van der Waals surface area contributed by atoms with E-state index in [0.717, 1.165) is 12.1 Å². The fourth-order valence-corrected chi connectivity index (χ4v) is 1.32. The molecule has 16 heavy (non-hydrogen) atoms. The highest BCUT2D eigenvalue weighted by molar-refractivity contribution is 5.91. The van der Waals surface area contributed by atoms with Crippen molar-refractivity contribution in [2.75, 3.05) is 11.9 Å². The Balaban J connectivity index is 3.24. The van der Waals surface area contributed by atoms with E-state index in [-0.39, 0.29) is 11.6 Å². The second-order valence-electron chi connectivity index (χ2n) is 3.58. The molecule has 0 aliphatic carbocycles. The molecule has 1 amide bonds. The van der Waals surface area contributed by atoms with Gasteiger partial charge in [-0.15, -0.1) is 0 Å². The molecule has 0 atom stereocenters. The van der Waals surface area contributed by atoms with Crippen molar-refractivity contribution in [3.05, 3.63) is 29.3 Å². The lowest BCUT2D eigenvalue weighted by atomic mass is 10.1. The SMILES string of the molecule is CC(=O)N(C)c1cc(C(F)(F)F)ccc1C. The molecule has 1 aromatic rings. The molecule has 0 saturated heterocycles. The Kier molecular flexibility index (Phi) is 3.26. The smallest absolute Gasteiger partial charge is 0.315 e. The van der Waals surface area contributed by atoms with Gasteiger partial charge in [-0.3, -0.25) is 4.79 Å². The number of hydrogen-bond acceptors (Lipinski definition) is 1. The van der Waals surface area contributed by atoms with Gasteiger partial charge >= 0.3 is 6.18 Å². The summed E-state index contributed by atoms with van der Waals surface area (Å²) in [6.45, 7) is 2.97. The van der Waals surface area contributed by atoms with Crippen molar-refractivity contribution in [2.24, 2.45) is 0 Å². The van der Waals surface area contributed by atoms with Crippen LogP contribution in [0.1, 0.15) is 18.1 Å². The van der Waals surface area contributed by atoms with Crippen molar-refractivity contribution in [3.63, 3.8) is 0 Å². The largest absolute Gasteiger partial charge is 0.416 e. The van der Waals surface area contributed by atoms with Crippen LogP contribution in [0.2, 0.25) is 0 Å². The zero-order valence-corrected chi connectivity index (χ0v) is 9.22. The van der Waals surface area contributed by atoms with Crippen LogP contribution in [-0.2, 0) is 11.0 Å². The van der Waals surface area contributed by atoms with E-state index < -0.39 is 11.7 Å². The molecule has 5 heteroatoms. The van der Waals surface area contributed by atoms with Crippen molar-refractivity contribution in [1.82, 2.24) is 0 Å². The van der Waals surface area contributed by atoms with Crippen LogP contribution in [-0.4, -0.2) is 13.0 Å². The topological polar surface area (TPSA) is 20.3 Å². The molecule has 0 saturated carbocycles. The Bertz CT molecular complexity index is 412. The first-order chi connectivity index (χ1) is 7.23. The average molecular weight is 231 g/mol. The van der Waals surface area contributed by atoms with Gasteiger partial charge < -0.3 is 4.90 Å². The van der Waals surface area contributed by atoms with Gasteiger partial charge in [0.25, 0.3) is 0 Å². The van der Waals surface area contributed by atoms with Crippen LogP contribution in [0, 0.1) is 6.92 Å². The van der Waals surface area contributed by atoms with Crippen LogP contribution in [0.25, 0.3) is 0 Å². The van der Waals surface area contributed by atoms with Crippen molar-refractivity contribution in [2.45, 2.75) is 20.0 Å². The summed E-state index contributed by atoms with van der Waals surface area (Å²) in [5.41, 5.74) is 0.161. The van der Waals surface area contributed by atoms with E-state index in [1.807, 2.05) is 0 Å². The van der Waals surface area contributed by atoms with Crippen LogP contribution in [0.3, 0.4) is 0 Å².